The molecule has 1 aromatic heterocycles. The van der Waals surface area contributed by atoms with Gasteiger partial charge in [0.2, 0.25) is 15.9 Å². The number of hydrogen-bond donors (Lipinski definition) is 2. The highest BCUT2D eigenvalue weighted by Gasteiger charge is 2.27. The fourth-order valence-electron chi connectivity index (χ4n) is 3.25. The van der Waals surface area contributed by atoms with Gasteiger partial charge in [-0.15, -0.1) is 11.3 Å². The maximum Gasteiger partial charge on any atom is 0.244 e. The molecular formula is C20H27N3O3S2. The van der Waals surface area contributed by atoms with Crippen LogP contribution in [-0.2, 0) is 27.7 Å². The minimum Gasteiger partial charge on any atom is -0.301 e. The van der Waals surface area contributed by atoms with E-state index in [9.17, 15) is 13.2 Å². The van der Waals surface area contributed by atoms with Gasteiger partial charge in [-0.2, -0.15) is 4.72 Å². The van der Waals surface area contributed by atoms with Crippen molar-refractivity contribution >= 4 is 32.4 Å². The van der Waals surface area contributed by atoms with E-state index in [0.29, 0.717) is 11.6 Å². The molecule has 28 heavy (non-hydrogen) atoms. The van der Waals surface area contributed by atoms with E-state index >= 15 is 0 Å². The van der Waals surface area contributed by atoms with Gasteiger partial charge in [0, 0.05) is 4.88 Å². The Labute approximate surface area is 170 Å². The number of aryl methyl sites for hydroxylation is 3. The van der Waals surface area contributed by atoms with E-state index in [1.54, 1.807) is 24.3 Å². The molecule has 1 atom stereocenters. The lowest BCUT2D eigenvalue weighted by Crippen LogP contribution is -2.44. The number of fused-ring (bicyclic) bond motifs is 1. The van der Waals surface area contributed by atoms with Gasteiger partial charge in [0.15, 0.2) is 5.13 Å². The van der Waals surface area contributed by atoms with Crippen molar-refractivity contribution in [1.82, 2.24) is 9.71 Å². The molecule has 1 heterocycles. The maximum atomic E-state index is 12.9. The van der Waals surface area contributed by atoms with Crippen molar-refractivity contribution in [2.75, 3.05) is 5.32 Å². The molecule has 1 aliphatic rings. The van der Waals surface area contributed by atoms with Crippen molar-refractivity contribution in [1.29, 1.82) is 0 Å². The predicted molar refractivity (Wildman–Crippen MR) is 112 cm³/mol. The number of hydrogen-bond acceptors (Lipinski definition) is 5. The molecule has 3 rings (SSSR count). The molecule has 0 saturated carbocycles. The number of aromatic nitrogens is 1. The van der Waals surface area contributed by atoms with Gasteiger partial charge in [-0.3, -0.25) is 4.79 Å². The largest absolute Gasteiger partial charge is 0.301 e. The summed E-state index contributed by atoms with van der Waals surface area (Å²) in [6.07, 6.45) is 4.61. The summed E-state index contributed by atoms with van der Waals surface area (Å²) >= 11 is 1.50. The minimum absolute atomic E-state index is 0.154. The van der Waals surface area contributed by atoms with Crippen LogP contribution in [0.3, 0.4) is 0 Å². The van der Waals surface area contributed by atoms with Crippen LogP contribution in [-0.4, -0.2) is 25.4 Å². The smallest absolute Gasteiger partial charge is 0.244 e. The fourth-order valence-corrected chi connectivity index (χ4v) is 5.51. The van der Waals surface area contributed by atoms with Crippen LogP contribution < -0.4 is 10.0 Å². The number of sulfonamides is 1. The molecule has 1 amide bonds. The lowest BCUT2D eigenvalue weighted by Gasteiger charge is -2.19. The summed E-state index contributed by atoms with van der Waals surface area (Å²) in [6, 6.07) is 5.73. The number of anilines is 1. The van der Waals surface area contributed by atoms with Crippen LogP contribution in [0.4, 0.5) is 5.13 Å². The number of carbonyl (C=O) groups is 1. The number of carbonyl (C=O) groups excluding carboxylic acids is 1. The van der Waals surface area contributed by atoms with Gasteiger partial charge in [0.1, 0.15) is 6.04 Å². The molecule has 0 spiro atoms. The highest BCUT2D eigenvalue weighted by Crippen LogP contribution is 2.29. The number of rotatable bonds is 7. The van der Waals surface area contributed by atoms with E-state index in [1.807, 2.05) is 20.8 Å². The first-order valence-corrected chi connectivity index (χ1v) is 11.9. The molecule has 1 unspecified atom stereocenters. The van der Waals surface area contributed by atoms with Crippen molar-refractivity contribution in [2.45, 2.75) is 63.8 Å². The summed E-state index contributed by atoms with van der Waals surface area (Å²) in [7, 11) is -3.79. The van der Waals surface area contributed by atoms with E-state index in [-0.39, 0.29) is 16.7 Å². The SMILES string of the molecule is Cc1ccc(S(=O)(=O)NC(CC(C)C)C(=O)Nc2nc3c(s2)CCCC3)cc1. The topological polar surface area (TPSA) is 88.2 Å². The van der Waals surface area contributed by atoms with Crippen molar-refractivity contribution in [3.05, 3.63) is 40.4 Å². The molecule has 2 aromatic rings. The van der Waals surface area contributed by atoms with E-state index in [1.165, 1.54) is 16.2 Å². The third-order valence-electron chi connectivity index (χ3n) is 4.73. The van der Waals surface area contributed by atoms with Crippen LogP contribution in [0.2, 0.25) is 0 Å². The van der Waals surface area contributed by atoms with Gasteiger partial charge in [0.05, 0.1) is 10.6 Å². The number of amides is 1. The Bertz CT molecular complexity index is 911. The molecule has 1 aromatic carbocycles. The molecule has 0 radical (unpaired) electrons. The van der Waals surface area contributed by atoms with Crippen molar-refractivity contribution in [2.24, 2.45) is 5.92 Å². The minimum atomic E-state index is -3.79. The zero-order chi connectivity index (χ0) is 20.3. The van der Waals surface area contributed by atoms with Crippen LogP contribution >= 0.6 is 11.3 Å². The summed E-state index contributed by atoms with van der Waals surface area (Å²) in [5.74, 6) is -0.212. The number of nitrogens with one attached hydrogen (secondary N) is 2. The third kappa shape index (κ3) is 5.18. The molecule has 1 aliphatic carbocycles. The summed E-state index contributed by atoms with van der Waals surface area (Å²) in [4.78, 5) is 18.8. The molecule has 0 fully saturated rings. The molecule has 2 N–H and O–H groups in total. The Morgan fingerprint density at radius 1 is 1.18 bits per heavy atom. The Morgan fingerprint density at radius 2 is 1.86 bits per heavy atom. The molecular weight excluding hydrogens is 394 g/mol. The summed E-state index contributed by atoms with van der Waals surface area (Å²) < 4.78 is 28.1. The maximum absolute atomic E-state index is 12.9. The Hall–Kier alpha value is -1.77. The first-order chi connectivity index (χ1) is 13.2. The lowest BCUT2D eigenvalue weighted by atomic mass is 10.0. The number of benzene rings is 1. The van der Waals surface area contributed by atoms with Gasteiger partial charge in [-0.1, -0.05) is 31.5 Å². The Kier molecular flexibility index (Phi) is 6.52. The molecule has 0 aliphatic heterocycles. The second-order valence-electron chi connectivity index (χ2n) is 7.70. The van der Waals surface area contributed by atoms with E-state index in [4.69, 9.17) is 0 Å². The van der Waals surface area contributed by atoms with Gasteiger partial charge in [0.25, 0.3) is 0 Å². The Morgan fingerprint density at radius 3 is 2.50 bits per heavy atom. The van der Waals surface area contributed by atoms with Gasteiger partial charge in [-0.25, -0.2) is 13.4 Å². The zero-order valence-electron chi connectivity index (χ0n) is 16.5. The normalized spacial score (nSPS) is 15.3. The molecule has 0 saturated heterocycles. The predicted octanol–water partition coefficient (Wildman–Crippen LogP) is 3.66. The van der Waals surface area contributed by atoms with Gasteiger partial charge in [-0.05, 0) is 57.1 Å². The van der Waals surface area contributed by atoms with Crippen molar-refractivity contribution in [3.63, 3.8) is 0 Å². The average Bonchev–Trinajstić information content (AvgIpc) is 3.03. The summed E-state index contributed by atoms with van der Waals surface area (Å²) in [5, 5.41) is 3.39. The van der Waals surface area contributed by atoms with Crippen LogP contribution in [0.1, 0.15) is 49.2 Å². The van der Waals surface area contributed by atoms with Crippen molar-refractivity contribution in [3.8, 4) is 0 Å². The monoisotopic (exact) mass is 421 g/mol. The van der Waals surface area contributed by atoms with Crippen LogP contribution in [0.5, 0.6) is 0 Å². The van der Waals surface area contributed by atoms with E-state index < -0.39 is 16.1 Å². The number of nitrogens with zero attached hydrogens (tertiary/aromatic N) is 1. The summed E-state index contributed by atoms with van der Waals surface area (Å²) in [6.45, 7) is 5.82. The van der Waals surface area contributed by atoms with Gasteiger partial charge < -0.3 is 5.32 Å². The number of thiazole rings is 1. The first kappa shape index (κ1) is 21.0. The molecule has 6 nitrogen and oxygen atoms in total. The molecule has 8 heteroatoms. The molecule has 0 bridgehead atoms. The average molecular weight is 422 g/mol. The fraction of sp³-hybridized carbons (Fsp3) is 0.500. The first-order valence-electron chi connectivity index (χ1n) is 9.63. The van der Waals surface area contributed by atoms with Gasteiger partial charge >= 0.3 is 0 Å². The quantitative estimate of drug-likeness (QED) is 0.714. The lowest BCUT2D eigenvalue weighted by molar-refractivity contribution is -0.118. The van der Waals surface area contributed by atoms with E-state index in [2.05, 4.69) is 15.0 Å². The summed E-state index contributed by atoms with van der Waals surface area (Å²) in [5.41, 5.74) is 2.04. The standard InChI is InChI=1S/C20H27N3O3S2/c1-13(2)12-17(23-28(25,26)15-10-8-14(3)9-11-15)19(24)22-20-21-16-6-4-5-7-18(16)27-20/h8-11,13,17,23H,4-7,12H2,1-3H3,(H,21,22,24). The second-order valence-corrected chi connectivity index (χ2v) is 10.5. The van der Waals surface area contributed by atoms with Crippen LogP contribution in [0, 0.1) is 12.8 Å². The van der Waals surface area contributed by atoms with Crippen molar-refractivity contribution < 1.29 is 13.2 Å². The van der Waals surface area contributed by atoms with E-state index in [0.717, 1.165) is 36.9 Å². The highest BCUT2D eigenvalue weighted by molar-refractivity contribution is 7.89. The van der Waals surface area contributed by atoms with Crippen LogP contribution in [0.15, 0.2) is 29.2 Å². The zero-order valence-corrected chi connectivity index (χ0v) is 18.1. The van der Waals surface area contributed by atoms with Crippen LogP contribution in [0.25, 0.3) is 0 Å². The third-order valence-corrected chi connectivity index (χ3v) is 7.29. The second kappa shape index (κ2) is 8.71. The molecule has 152 valence electrons. The highest BCUT2D eigenvalue weighted by atomic mass is 32.2. The Balaban J connectivity index is 1.76.